The molecule has 0 saturated heterocycles. The van der Waals surface area contributed by atoms with Crippen LogP contribution in [0.5, 0.6) is 5.75 Å². The Bertz CT molecular complexity index is 474. The number of methoxy groups -OCH3 is 1. The van der Waals surface area contributed by atoms with Gasteiger partial charge < -0.3 is 15.0 Å². The molecule has 2 amide bonds. The van der Waals surface area contributed by atoms with Crippen molar-refractivity contribution in [1.82, 2.24) is 10.2 Å². The van der Waals surface area contributed by atoms with Crippen molar-refractivity contribution >= 4 is 11.8 Å². The molecule has 0 unspecified atom stereocenters. The summed E-state index contributed by atoms with van der Waals surface area (Å²) in [6.45, 7) is 4.92. The Hall–Kier alpha value is -2.04. The monoisotopic (exact) mass is 292 g/mol. The van der Waals surface area contributed by atoms with Gasteiger partial charge in [-0.05, 0) is 12.5 Å². The first-order valence-electron chi connectivity index (χ1n) is 7.22. The molecule has 1 rings (SSSR count). The molecule has 0 atom stereocenters. The third kappa shape index (κ3) is 5.85. The molecule has 1 aromatic rings. The van der Waals surface area contributed by atoms with Crippen LogP contribution >= 0.6 is 0 Å². The minimum atomic E-state index is -0.0225. The summed E-state index contributed by atoms with van der Waals surface area (Å²) in [5.41, 5.74) is 0.954. The molecule has 0 aromatic heterocycles. The number of rotatable bonds is 8. The number of para-hydroxylation sites is 1. The molecule has 0 bridgehead atoms. The largest absolute Gasteiger partial charge is 0.496 e. The van der Waals surface area contributed by atoms with Crippen molar-refractivity contribution in [1.29, 1.82) is 0 Å². The maximum Gasteiger partial charge on any atom is 0.220 e. The maximum absolute atomic E-state index is 11.7. The summed E-state index contributed by atoms with van der Waals surface area (Å²) < 4.78 is 5.29. The number of carbonyl (C=O) groups excluding carboxylic acids is 2. The van der Waals surface area contributed by atoms with Gasteiger partial charge in [-0.3, -0.25) is 9.59 Å². The van der Waals surface area contributed by atoms with E-state index in [1.54, 1.807) is 12.0 Å². The molecule has 1 N–H and O–H groups in total. The number of nitrogens with one attached hydrogen (secondary N) is 1. The van der Waals surface area contributed by atoms with Crippen LogP contribution in [0.1, 0.15) is 32.3 Å². The summed E-state index contributed by atoms with van der Waals surface area (Å²) in [6.07, 6.45) is 1.34. The van der Waals surface area contributed by atoms with Gasteiger partial charge in [-0.1, -0.05) is 25.1 Å². The quantitative estimate of drug-likeness (QED) is 0.797. The zero-order valence-electron chi connectivity index (χ0n) is 13.0. The fourth-order valence-corrected chi connectivity index (χ4v) is 2.03. The minimum Gasteiger partial charge on any atom is -0.496 e. The summed E-state index contributed by atoms with van der Waals surface area (Å²) in [5.74, 6) is 0.766. The van der Waals surface area contributed by atoms with Crippen LogP contribution in [0.25, 0.3) is 0 Å². The van der Waals surface area contributed by atoms with Gasteiger partial charge in [-0.25, -0.2) is 0 Å². The zero-order valence-corrected chi connectivity index (χ0v) is 13.0. The first-order valence-corrected chi connectivity index (χ1v) is 7.22. The van der Waals surface area contributed by atoms with Crippen LogP contribution in [0.15, 0.2) is 24.3 Å². The van der Waals surface area contributed by atoms with Gasteiger partial charge in [-0.2, -0.15) is 0 Å². The second kappa shape index (κ2) is 9.00. The van der Waals surface area contributed by atoms with Gasteiger partial charge in [0.25, 0.3) is 0 Å². The highest BCUT2D eigenvalue weighted by atomic mass is 16.5. The van der Waals surface area contributed by atoms with Gasteiger partial charge >= 0.3 is 0 Å². The molecule has 0 aliphatic heterocycles. The fraction of sp³-hybridized carbons (Fsp3) is 0.500. The van der Waals surface area contributed by atoms with Gasteiger partial charge in [0.15, 0.2) is 0 Å². The topological polar surface area (TPSA) is 58.6 Å². The van der Waals surface area contributed by atoms with Crippen molar-refractivity contribution in [3.8, 4) is 5.75 Å². The van der Waals surface area contributed by atoms with E-state index in [1.807, 2.05) is 31.2 Å². The zero-order chi connectivity index (χ0) is 15.7. The van der Waals surface area contributed by atoms with E-state index in [-0.39, 0.29) is 11.8 Å². The lowest BCUT2D eigenvalue weighted by Crippen LogP contribution is -2.37. The molecule has 0 fully saturated rings. The predicted molar refractivity (Wildman–Crippen MR) is 82.0 cm³/mol. The van der Waals surface area contributed by atoms with Crippen molar-refractivity contribution in [3.05, 3.63) is 29.8 Å². The summed E-state index contributed by atoms with van der Waals surface area (Å²) in [4.78, 5) is 24.8. The van der Waals surface area contributed by atoms with E-state index in [0.717, 1.165) is 17.7 Å². The second-order valence-corrected chi connectivity index (χ2v) is 4.85. The lowest BCUT2D eigenvalue weighted by molar-refractivity contribution is -0.130. The first kappa shape index (κ1) is 17.0. The minimum absolute atomic E-state index is 0.0225. The summed E-state index contributed by atoms with van der Waals surface area (Å²) in [7, 11) is 1.61. The fourth-order valence-electron chi connectivity index (χ4n) is 2.03. The molecule has 0 radical (unpaired) electrons. The molecule has 0 saturated carbocycles. The Kier molecular flexibility index (Phi) is 7.29. The number of nitrogens with zero attached hydrogens (tertiary/aromatic N) is 1. The van der Waals surface area contributed by atoms with Crippen molar-refractivity contribution < 1.29 is 14.3 Å². The third-order valence-electron chi connectivity index (χ3n) is 3.18. The molecule has 5 heteroatoms. The Labute approximate surface area is 126 Å². The Morgan fingerprint density at radius 2 is 2.00 bits per heavy atom. The van der Waals surface area contributed by atoms with Gasteiger partial charge in [0, 0.05) is 38.5 Å². The standard InChI is InChI=1S/C16H24N2O3/c1-4-7-16(20)17-10-11-18(13(2)19)12-14-8-5-6-9-15(14)21-3/h5-6,8-9H,4,7,10-12H2,1-3H3,(H,17,20). The normalized spacial score (nSPS) is 10.0. The van der Waals surface area contributed by atoms with Gasteiger partial charge in [0.1, 0.15) is 5.75 Å². The van der Waals surface area contributed by atoms with Crippen LogP contribution in [0.2, 0.25) is 0 Å². The molecular formula is C16H24N2O3. The highest BCUT2D eigenvalue weighted by molar-refractivity contribution is 5.76. The molecular weight excluding hydrogens is 268 g/mol. The Morgan fingerprint density at radius 1 is 1.29 bits per heavy atom. The van der Waals surface area contributed by atoms with Crippen LogP contribution in [-0.4, -0.2) is 36.9 Å². The van der Waals surface area contributed by atoms with Crippen LogP contribution in [0, 0.1) is 0 Å². The van der Waals surface area contributed by atoms with Gasteiger partial charge in [0.05, 0.1) is 7.11 Å². The van der Waals surface area contributed by atoms with Crippen molar-refractivity contribution in [2.24, 2.45) is 0 Å². The van der Waals surface area contributed by atoms with E-state index in [0.29, 0.717) is 26.1 Å². The van der Waals surface area contributed by atoms with E-state index in [2.05, 4.69) is 5.32 Å². The molecule has 0 aliphatic rings. The lowest BCUT2D eigenvalue weighted by atomic mass is 10.2. The maximum atomic E-state index is 11.7. The number of carbonyl (C=O) groups is 2. The average molecular weight is 292 g/mol. The Morgan fingerprint density at radius 3 is 2.62 bits per heavy atom. The number of amides is 2. The third-order valence-corrected chi connectivity index (χ3v) is 3.18. The van der Waals surface area contributed by atoms with Crippen LogP contribution < -0.4 is 10.1 Å². The molecule has 5 nitrogen and oxygen atoms in total. The van der Waals surface area contributed by atoms with Gasteiger partial charge in [0.2, 0.25) is 11.8 Å². The van der Waals surface area contributed by atoms with E-state index in [1.165, 1.54) is 6.92 Å². The van der Waals surface area contributed by atoms with Crippen molar-refractivity contribution in [2.75, 3.05) is 20.2 Å². The van der Waals surface area contributed by atoms with Crippen molar-refractivity contribution in [3.63, 3.8) is 0 Å². The van der Waals surface area contributed by atoms with E-state index >= 15 is 0 Å². The molecule has 0 spiro atoms. The van der Waals surface area contributed by atoms with Crippen molar-refractivity contribution in [2.45, 2.75) is 33.2 Å². The lowest BCUT2D eigenvalue weighted by Gasteiger charge is -2.22. The number of ether oxygens (including phenoxy) is 1. The molecule has 0 aliphatic carbocycles. The van der Waals surface area contributed by atoms with Crippen LogP contribution in [0.4, 0.5) is 0 Å². The first-order chi connectivity index (χ1) is 10.1. The molecule has 1 aromatic carbocycles. The summed E-state index contributed by atoms with van der Waals surface area (Å²) in [5, 5.41) is 2.82. The van der Waals surface area contributed by atoms with Gasteiger partial charge in [-0.15, -0.1) is 0 Å². The second-order valence-electron chi connectivity index (χ2n) is 4.85. The Balaban J connectivity index is 2.58. The highest BCUT2D eigenvalue weighted by Crippen LogP contribution is 2.19. The van der Waals surface area contributed by atoms with Crippen LogP contribution in [-0.2, 0) is 16.1 Å². The average Bonchev–Trinajstić information content (AvgIpc) is 2.46. The number of hydrogen-bond acceptors (Lipinski definition) is 3. The molecule has 116 valence electrons. The summed E-state index contributed by atoms with van der Waals surface area (Å²) >= 11 is 0. The number of hydrogen-bond donors (Lipinski definition) is 1. The summed E-state index contributed by atoms with van der Waals surface area (Å²) in [6, 6.07) is 7.62. The molecule has 0 heterocycles. The SMILES string of the molecule is CCCC(=O)NCCN(Cc1ccccc1OC)C(C)=O. The number of benzene rings is 1. The van der Waals surface area contributed by atoms with E-state index in [9.17, 15) is 9.59 Å². The smallest absolute Gasteiger partial charge is 0.220 e. The molecule has 21 heavy (non-hydrogen) atoms. The predicted octanol–water partition coefficient (Wildman–Crippen LogP) is 1.96. The van der Waals surface area contributed by atoms with E-state index < -0.39 is 0 Å². The highest BCUT2D eigenvalue weighted by Gasteiger charge is 2.12. The van der Waals surface area contributed by atoms with E-state index in [4.69, 9.17) is 4.74 Å². The van der Waals surface area contributed by atoms with Crippen LogP contribution in [0.3, 0.4) is 0 Å².